The number of para-hydroxylation sites is 1. The molecule has 0 fully saturated rings. The van der Waals surface area contributed by atoms with Crippen LogP contribution in [0.25, 0.3) is 16.4 Å². The van der Waals surface area contributed by atoms with Gasteiger partial charge in [-0.15, -0.1) is 0 Å². The zero-order valence-electron chi connectivity index (χ0n) is 9.54. The lowest BCUT2D eigenvalue weighted by atomic mass is 10.2. The van der Waals surface area contributed by atoms with E-state index in [9.17, 15) is 9.59 Å². The molecule has 3 rings (SSSR count). The van der Waals surface area contributed by atoms with E-state index in [4.69, 9.17) is 0 Å². The summed E-state index contributed by atoms with van der Waals surface area (Å²) < 4.78 is 4.08. The number of hydrogen-bond donors (Lipinski definition) is 0. The fourth-order valence-electron chi connectivity index (χ4n) is 2.09. The van der Waals surface area contributed by atoms with Crippen molar-refractivity contribution in [3.63, 3.8) is 0 Å². The van der Waals surface area contributed by atoms with E-state index in [1.807, 2.05) is 24.3 Å². The molecular formula is C12H11N3O2. The van der Waals surface area contributed by atoms with Gasteiger partial charge in [-0.25, -0.2) is 14.2 Å². The van der Waals surface area contributed by atoms with Gasteiger partial charge in [0.1, 0.15) is 5.52 Å². The molecule has 86 valence electrons. The fourth-order valence-corrected chi connectivity index (χ4v) is 2.09. The summed E-state index contributed by atoms with van der Waals surface area (Å²) in [4.78, 5) is 24.2. The lowest BCUT2D eigenvalue weighted by molar-refractivity contribution is 0.516. The average molecular weight is 229 g/mol. The lowest BCUT2D eigenvalue weighted by Gasteiger charge is -2.06. The SMILES string of the molecule is Cn1c(=O)c2cc3ccccc3n2c(=O)n1C. The van der Waals surface area contributed by atoms with Crippen LogP contribution in [0.2, 0.25) is 0 Å². The van der Waals surface area contributed by atoms with Gasteiger partial charge in [-0.2, -0.15) is 0 Å². The molecule has 3 aromatic rings. The molecule has 0 aliphatic carbocycles. The van der Waals surface area contributed by atoms with Crippen molar-refractivity contribution in [2.24, 2.45) is 14.1 Å². The highest BCUT2D eigenvalue weighted by Crippen LogP contribution is 2.15. The molecule has 0 unspecified atom stereocenters. The Morgan fingerprint density at radius 1 is 0.941 bits per heavy atom. The molecule has 0 atom stereocenters. The maximum Gasteiger partial charge on any atom is 0.347 e. The molecule has 5 nitrogen and oxygen atoms in total. The summed E-state index contributed by atoms with van der Waals surface area (Å²) in [6, 6.07) is 9.21. The molecule has 0 spiro atoms. The monoisotopic (exact) mass is 229 g/mol. The molecule has 0 N–H and O–H groups in total. The largest absolute Gasteiger partial charge is 0.347 e. The standard InChI is InChI=1S/C12H11N3O2/c1-13-11(16)10-7-8-5-3-4-6-9(8)15(10)12(17)14(13)2/h3-7H,1-2H3. The van der Waals surface area contributed by atoms with Gasteiger partial charge in [-0.3, -0.25) is 9.20 Å². The van der Waals surface area contributed by atoms with Crippen LogP contribution in [0.4, 0.5) is 0 Å². The number of hydrogen-bond acceptors (Lipinski definition) is 2. The lowest BCUT2D eigenvalue weighted by Crippen LogP contribution is -2.38. The number of rotatable bonds is 0. The van der Waals surface area contributed by atoms with Crippen LogP contribution < -0.4 is 11.2 Å². The highest BCUT2D eigenvalue weighted by molar-refractivity contribution is 5.86. The van der Waals surface area contributed by atoms with Crippen LogP contribution in [-0.4, -0.2) is 13.8 Å². The molecule has 17 heavy (non-hydrogen) atoms. The normalized spacial score (nSPS) is 11.4. The van der Waals surface area contributed by atoms with E-state index >= 15 is 0 Å². The average Bonchev–Trinajstić information content (AvgIpc) is 2.73. The summed E-state index contributed by atoms with van der Waals surface area (Å²) in [6.07, 6.45) is 0. The van der Waals surface area contributed by atoms with Crippen molar-refractivity contribution in [3.05, 3.63) is 51.2 Å². The van der Waals surface area contributed by atoms with Gasteiger partial charge in [0.2, 0.25) is 0 Å². The van der Waals surface area contributed by atoms with Crippen molar-refractivity contribution >= 4 is 16.4 Å². The van der Waals surface area contributed by atoms with E-state index in [-0.39, 0.29) is 11.2 Å². The van der Waals surface area contributed by atoms with Crippen LogP contribution in [0.15, 0.2) is 39.9 Å². The zero-order valence-corrected chi connectivity index (χ0v) is 9.54. The van der Waals surface area contributed by atoms with E-state index in [0.717, 1.165) is 10.9 Å². The minimum atomic E-state index is -0.219. The summed E-state index contributed by atoms with van der Waals surface area (Å²) in [7, 11) is 3.17. The molecule has 0 aliphatic heterocycles. The first-order valence-electron chi connectivity index (χ1n) is 5.28. The molecule has 2 heterocycles. The van der Waals surface area contributed by atoms with E-state index in [1.165, 1.54) is 13.8 Å². The van der Waals surface area contributed by atoms with E-state index < -0.39 is 0 Å². The van der Waals surface area contributed by atoms with Gasteiger partial charge in [0.05, 0.1) is 5.52 Å². The van der Waals surface area contributed by atoms with Gasteiger partial charge in [-0.05, 0) is 12.1 Å². The second-order valence-electron chi connectivity index (χ2n) is 4.06. The molecule has 0 bridgehead atoms. The van der Waals surface area contributed by atoms with Crippen LogP contribution in [-0.2, 0) is 14.1 Å². The third-order valence-corrected chi connectivity index (χ3v) is 3.14. The van der Waals surface area contributed by atoms with Gasteiger partial charge in [0, 0.05) is 19.5 Å². The highest BCUT2D eigenvalue weighted by atomic mass is 16.2. The van der Waals surface area contributed by atoms with E-state index in [0.29, 0.717) is 5.52 Å². The van der Waals surface area contributed by atoms with Gasteiger partial charge in [0.25, 0.3) is 5.56 Å². The maximum absolute atomic E-state index is 12.1. The maximum atomic E-state index is 12.1. The second-order valence-corrected chi connectivity index (χ2v) is 4.06. The molecule has 0 saturated heterocycles. The van der Waals surface area contributed by atoms with Crippen molar-refractivity contribution in [3.8, 4) is 0 Å². The Morgan fingerprint density at radius 3 is 2.41 bits per heavy atom. The molecule has 0 saturated carbocycles. The highest BCUT2D eigenvalue weighted by Gasteiger charge is 2.11. The van der Waals surface area contributed by atoms with Crippen LogP contribution in [0.1, 0.15) is 0 Å². The predicted molar refractivity (Wildman–Crippen MR) is 65.4 cm³/mol. The first kappa shape index (κ1) is 9.89. The number of fused-ring (bicyclic) bond motifs is 3. The Labute approximate surface area is 96.1 Å². The number of nitrogens with zero attached hydrogens (tertiary/aromatic N) is 3. The summed E-state index contributed by atoms with van der Waals surface area (Å²) in [5.74, 6) is 0. The topological polar surface area (TPSA) is 48.4 Å². The summed E-state index contributed by atoms with van der Waals surface area (Å²) in [5.41, 5.74) is 0.782. The van der Waals surface area contributed by atoms with Crippen LogP contribution in [0, 0.1) is 0 Å². The Bertz CT molecular complexity index is 852. The number of benzene rings is 1. The fraction of sp³-hybridized carbons (Fsp3) is 0.167. The quantitative estimate of drug-likeness (QED) is 0.563. The minimum absolute atomic E-state index is 0.178. The van der Waals surface area contributed by atoms with Crippen LogP contribution >= 0.6 is 0 Å². The summed E-state index contributed by atoms with van der Waals surface area (Å²) in [6.45, 7) is 0. The number of aromatic nitrogens is 3. The third-order valence-electron chi connectivity index (χ3n) is 3.14. The minimum Gasteiger partial charge on any atom is -0.265 e. The Balaban J connectivity index is 2.78. The van der Waals surface area contributed by atoms with Crippen molar-refractivity contribution in [1.82, 2.24) is 13.8 Å². The van der Waals surface area contributed by atoms with Gasteiger partial charge >= 0.3 is 5.69 Å². The first-order chi connectivity index (χ1) is 8.11. The van der Waals surface area contributed by atoms with Gasteiger partial charge in [0.15, 0.2) is 0 Å². The zero-order chi connectivity index (χ0) is 12.2. The van der Waals surface area contributed by atoms with Gasteiger partial charge < -0.3 is 0 Å². The summed E-state index contributed by atoms with van der Waals surface area (Å²) >= 11 is 0. The second kappa shape index (κ2) is 3.10. The summed E-state index contributed by atoms with van der Waals surface area (Å²) in [5, 5.41) is 0.896. The van der Waals surface area contributed by atoms with Crippen LogP contribution in [0.3, 0.4) is 0 Å². The molecule has 0 aliphatic rings. The third kappa shape index (κ3) is 1.13. The van der Waals surface area contributed by atoms with E-state index in [1.54, 1.807) is 20.2 Å². The molecule has 0 radical (unpaired) electrons. The Kier molecular flexibility index (Phi) is 1.80. The Morgan fingerprint density at radius 2 is 1.65 bits per heavy atom. The molecule has 2 aromatic heterocycles. The van der Waals surface area contributed by atoms with Crippen molar-refractivity contribution in [2.75, 3.05) is 0 Å². The van der Waals surface area contributed by atoms with Crippen LogP contribution in [0.5, 0.6) is 0 Å². The van der Waals surface area contributed by atoms with Crippen molar-refractivity contribution < 1.29 is 0 Å². The molecule has 1 aromatic carbocycles. The molecule has 5 heteroatoms. The Hall–Kier alpha value is -2.30. The van der Waals surface area contributed by atoms with E-state index in [2.05, 4.69) is 0 Å². The predicted octanol–water partition coefficient (Wildman–Crippen LogP) is 0.490. The molecule has 0 amide bonds. The smallest absolute Gasteiger partial charge is 0.265 e. The van der Waals surface area contributed by atoms with Gasteiger partial charge in [-0.1, -0.05) is 18.2 Å². The molecular weight excluding hydrogens is 218 g/mol. The van der Waals surface area contributed by atoms with Crippen molar-refractivity contribution in [1.29, 1.82) is 0 Å². The first-order valence-corrected chi connectivity index (χ1v) is 5.28. The van der Waals surface area contributed by atoms with Crippen molar-refractivity contribution in [2.45, 2.75) is 0 Å².